The van der Waals surface area contributed by atoms with Crippen molar-refractivity contribution < 1.29 is 0 Å². The van der Waals surface area contributed by atoms with Crippen molar-refractivity contribution in [2.24, 2.45) is 4.99 Å². The van der Waals surface area contributed by atoms with Gasteiger partial charge in [0.1, 0.15) is 5.54 Å². The first-order valence-electron chi connectivity index (χ1n) is 5.46. The Labute approximate surface area is 93.6 Å². The molecule has 1 aromatic rings. The molecule has 2 N–H and O–H groups in total. The van der Waals surface area contributed by atoms with E-state index in [-0.39, 0.29) is 5.54 Å². The molecular weight excluding hydrogens is 198 g/mol. The third kappa shape index (κ3) is 0.780. The zero-order valence-corrected chi connectivity index (χ0v) is 8.70. The van der Waals surface area contributed by atoms with Crippen LogP contribution in [0.1, 0.15) is 5.56 Å². The van der Waals surface area contributed by atoms with Gasteiger partial charge in [0.2, 0.25) is 0 Å². The molecule has 3 nitrogen and oxygen atoms in total. The van der Waals surface area contributed by atoms with Crippen molar-refractivity contribution >= 4 is 11.9 Å². The number of nitrogens with zero attached hydrogens (tertiary/aromatic N) is 1. The maximum Gasteiger partial charge on any atom is 0.109 e. The van der Waals surface area contributed by atoms with Crippen LogP contribution in [0.5, 0.6) is 0 Å². The molecule has 3 heterocycles. The Kier molecular flexibility index (Phi) is 1.30. The van der Waals surface area contributed by atoms with E-state index >= 15 is 0 Å². The Morgan fingerprint density at radius 2 is 2.19 bits per heavy atom. The third-order valence-corrected chi connectivity index (χ3v) is 3.59. The van der Waals surface area contributed by atoms with Crippen molar-refractivity contribution in [1.29, 1.82) is 0 Å². The van der Waals surface area contributed by atoms with Gasteiger partial charge in [-0.15, -0.1) is 0 Å². The molecule has 0 aliphatic carbocycles. The topological polar surface area (TPSA) is 36.4 Å². The van der Waals surface area contributed by atoms with Gasteiger partial charge in [0.15, 0.2) is 0 Å². The Bertz CT molecular complexity index is 568. The number of anilines is 1. The lowest BCUT2D eigenvalue weighted by Gasteiger charge is -2.26. The smallest absolute Gasteiger partial charge is 0.109 e. The molecule has 78 valence electrons. The highest BCUT2D eigenvalue weighted by atomic mass is 15.1. The number of para-hydroxylation sites is 1. The molecule has 1 atom stereocenters. The molecule has 1 unspecified atom stereocenters. The number of hydrogen-bond acceptors (Lipinski definition) is 3. The molecule has 3 aliphatic heterocycles. The SMILES string of the molecule is C1=NC=C2C1=CNC21CNc2ccccc21. The fraction of sp³-hybridized carbons (Fsp3) is 0.154. The van der Waals surface area contributed by atoms with Crippen molar-refractivity contribution in [2.45, 2.75) is 5.54 Å². The number of benzene rings is 1. The number of hydrogen-bond donors (Lipinski definition) is 2. The predicted octanol–water partition coefficient (Wildman–Crippen LogP) is 1.76. The van der Waals surface area contributed by atoms with E-state index < -0.39 is 0 Å². The Morgan fingerprint density at radius 1 is 1.25 bits per heavy atom. The maximum atomic E-state index is 4.24. The van der Waals surface area contributed by atoms with Crippen LogP contribution in [0.25, 0.3) is 0 Å². The van der Waals surface area contributed by atoms with Gasteiger partial charge in [0.25, 0.3) is 0 Å². The summed E-state index contributed by atoms with van der Waals surface area (Å²) < 4.78 is 0. The van der Waals surface area contributed by atoms with E-state index in [1.165, 1.54) is 22.4 Å². The summed E-state index contributed by atoms with van der Waals surface area (Å²) in [5, 5.41) is 6.96. The third-order valence-electron chi connectivity index (χ3n) is 3.59. The molecule has 3 heteroatoms. The highest BCUT2D eigenvalue weighted by molar-refractivity contribution is 5.91. The van der Waals surface area contributed by atoms with Gasteiger partial charge in [-0.1, -0.05) is 18.2 Å². The van der Waals surface area contributed by atoms with Gasteiger partial charge in [0, 0.05) is 47.6 Å². The zero-order valence-electron chi connectivity index (χ0n) is 8.70. The summed E-state index contributed by atoms with van der Waals surface area (Å²) >= 11 is 0. The minimum absolute atomic E-state index is 0.0948. The fourth-order valence-electron chi connectivity index (χ4n) is 2.79. The predicted molar refractivity (Wildman–Crippen MR) is 64.4 cm³/mol. The van der Waals surface area contributed by atoms with Crippen LogP contribution in [-0.4, -0.2) is 12.8 Å². The van der Waals surface area contributed by atoms with Crippen molar-refractivity contribution in [2.75, 3.05) is 11.9 Å². The molecule has 0 saturated carbocycles. The minimum Gasteiger partial charge on any atom is -0.382 e. The van der Waals surface area contributed by atoms with Crippen LogP contribution in [0.15, 0.2) is 52.8 Å². The fourth-order valence-corrected chi connectivity index (χ4v) is 2.79. The summed E-state index contributed by atoms with van der Waals surface area (Å²) in [4.78, 5) is 4.24. The number of fused-ring (bicyclic) bond motifs is 4. The molecule has 0 fully saturated rings. The molecule has 4 rings (SSSR count). The van der Waals surface area contributed by atoms with Crippen LogP contribution in [0.4, 0.5) is 5.69 Å². The molecule has 0 radical (unpaired) electrons. The van der Waals surface area contributed by atoms with E-state index in [9.17, 15) is 0 Å². The van der Waals surface area contributed by atoms with Gasteiger partial charge in [-0.25, -0.2) is 0 Å². The summed E-state index contributed by atoms with van der Waals surface area (Å²) in [6.45, 7) is 0.890. The number of rotatable bonds is 0. The van der Waals surface area contributed by atoms with Crippen LogP contribution in [-0.2, 0) is 5.54 Å². The van der Waals surface area contributed by atoms with E-state index in [1.807, 2.05) is 12.4 Å². The van der Waals surface area contributed by atoms with Crippen LogP contribution >= 0.6 is 0 Å². The Morgan fingerprint density at radius 3 is 3.19 bits per heavy atom. The van der Waals surface area contributed by atoms with Crippen LogP contribution in [0.2, 0.25) is 0 Å². The molecular formula is C13H11N3. The first-order valence-corrected chi connectivity index (χ1v) is 5.46. The van der Waals surface area contributed by atoms with Crippen molar-refractivity contribution in [3.05, 3.63) is 53.4 Å². The van der Waals surface area contributed by atoms with E-state index in [1.54, 1.807) is 0 Å². The average molecular weight is 209 g/mol. The molecule has 0 aromatic heterocycles. The summed E-state index contributed by atoms with van der Waals surface area (Å²) in [5.41, 5.74) is 4.93. The second-order valence-electron chi connectivity index (χ2n) is 4.37. The lowest BCUT2D eigenvalue weighted by Crippen LogP contribution is -2.39. The van der Waals surface area contributed by atoms with Gasteiger partial charge in [-0.05, 0) is 6.07 Å². The highest BCUT2D eigenvalue weighted by Crippen LogP contribution is 2.45. The summed E-state index contributed by atoms with van der Waals surface area (Å²) in [6, 6.07) is 8.45. The Balaban J connectivity index is 1.93. The van der Waals surface area contributed by atoms with Crippen molar-refractivity contribution in [3.8, 4) is 0 Å². The Hall–Kier alpha value is -2.03. The minimum atomic E-state index is -0.0948. The molecule has 3 aliphatic rings. The second-order valence-corrected chi connectivity index (χ2v) is 4.37. The lowest BCUT2D eigenvalue weighted by atomic mass is 9.85. The first kappa shape index (κ1) is 8.16. The van der Waals surface area contributed by atoms with Crippen LogP contribution < -0.4 is 10.6 Å². The molecule has 0 bridgehead atoms. The van der Waals surface area contributed by atoms with Crippen LogP contribution in [0, 0.1) is 0 Å². The molecule has 1 aromatic carbocycles. The van der Waals surface area contributed by atoms with Crippen molar-refractivity contribution in [3.63, 3.8) is 0 Å². The van der Waals surface area contributed by atoms with Gasteiger partial charge in [-0.2, -0.15) is 0 Å². The normalized spacial score (nSPS) is 28.2. The molecule has 0 amide bonds. The van der Waals surface area contributed by atoms with Gasteiger partial charge in [-0.3, -0.25) is 4.99 Å². The molecule has 16 heavy (non-hydrogen) atoms. The summed E-state index contributed by atoms with van der Waals surface area (Å²) in [6.07, 6.45) is 5.94. The first-order chi connectivity index (χ1) is 7.90. The lowest BCUT2D eigenvalue weighted by molar-refractivity contribution is 0.526. The quantitative estimate of drug-likeness (QED) is 0.683. The van der Waals surface area contributed by atoms with Crippen molar-refractivity contribution in [1.82, 2.24) is 5.32 Å². The van der Waals surface area contributed by atoms with E-state index in [4.69, 9.17) is 0 Å². The monoisotopic (exact) mass is 209 g/mol. The zero-order chi connectivity index (χ0) is 10.6. The van der Waals surface area contributed by atoms with E-state index in [0.717, 1.165) is 6.54 Å². The van der Waals surface area contributed by atoms with E-state index in [2.05, 4.69) is 46.1 Å². The summed E-state index contributed by atoms with van der Waals surface area (Å²) in [7, 11) is 0. The van der Waals surface area contributed by atoms with E-state index in [0.29, 0.717) is 0 Å². The summed E-state index contributed by atoms with van der Waals surface area (Å²) in [5.74, 6) is 0. The largest absolute Gasteiger partial charge is 0.382 e. The average Bonchev–Trinajstić information content (AvgIpc) is 2.99. The maximum absolute atomic E-state index is 4.24. The number of nitrogens with one attached hydrogen (secondary N) is 2. The van der Waals surface area contributed by atoms with Gasteiger partial charge >= 0.3 is 0 Å². The highest BCUT2D eigenvalue weighted by Gasteiger charge is 2.46. The standard InChI is InChI=1S/C13H11N3/c1-2-4-12-10(3-1)13(8-15-12)11-7-14-5-9(11)6-16-13/h1-7,15-16H,8H2. The molecule has 0 saturated heterocycles. The van der Waals surface area contributed by atoms with Gasteiger partial charge in [0.05, 0.1) is 0 Å². The van der Waals surface area contributed by atoms with Crippen LogP contribution in [0.3, 0.4) is 0 Å². The second kappa shape index (κ2) is 2.55. The van der Waals surface area contributed by atoms with Gasteiger partial charge < -0.3 is 10.6 Å². The number of aliphatic imine (C=N–C) groups is 1. The molecule has 1 spiro atoms.